The van der Waals surface area contributed by atoms with Crippen molar-refractivity contribution in [2.75, 3.05) is 13.2 Å². The van der Waals surface area contributed by atoms with Crippen molar-refractivity contribution in [2.45, 2.75) is 38.3 Å². The topological polar surface area (TPSA) is 49.4 Å². The molecule has 2 heterocycles. The van der Waals surface area contributed by atoms with Gasteiger partial charge in [0.25, 0.3) is 0 Å². The molecule has 1 aliphatic rings. The van der Waals surface area contributed by atoms with Crippen LogP contribution in [0.1, 0.15) is 38.3 Å². The number of benzene rings is 3. The van der Waals surface area contributed by atoms with Crippen molar-refractivity contribution in [2.24, 2.45) is 5.73 Å². The zero-order valence-electron chi connectivity index (χ0n) is 17.6. The highest BCUT2D eigenvalue weighted by molar-refractivity contribution is 6.13. The fourth-order valence-electron chi connectivity index (χ4n) is 4.48. The van der Waals surface area contributed by atoms with Crippen molar-refractivity contribution in [1.29, 1.82) is 0 Å². The first kappa shape index (κ1) is 19.0. The van der Waals surface area contributed by atoms with Crippen molar-refractivity contribution >= 4 is 21.8 Å². The number of nitrogens with two attached hydrogens (primary N) is 1. The second kappa shape index (κ2) is 7.37. The second-order valence-corrected chi connectivity index (χ2v) is 8.27. The molecule has 4 heteroatoms. The molecule has 2 N–H and O–H groups in total. The highest BCUT2D eigenvalue weighted by Crippen LogP contribution is 2.44. The highest BCUT2D eigenvalue weighted by atomic mass is 16.5. The Bertz CT molecular complexity index is 1190. The van der Waals surface area contributed by atoms with Gasteiger partial charge in [-0.3, -0.25) is 0 Å². The van der Waals surface area contributed by atoms with E-state index in [1.54, 1.807) is 0 Å². The maximum absolute atomic E-state index is 6.51. The van der Waals surface area contributed by atoms with Gasteiger partial charge in [-0.1, -0.05) is 62.4 Å². The molecule has 30 heavy (non-hydrogen) atoms. The molecule has 0 aliphatic carbocycles. The minimum absolute atomic E-state index is 0.122. The van der Waals surface area contributed by atoms with E-state index in [0.717, 1.165) is 40.6 Å². The summed E-state index contributed by atoms with van der Waals surface area (Å²) in [6, 6.07) is 23.3. The number of para-hydroxylation sites is 1. The van der Waals surface area contributed by atoms with Crippen LogP contribution in [0.2, 0.25) is 0 Å². The van der Waals surface area contributed by atoms with Crippen LogP contribution in [0.5, 0.6) is 11.5 Å². The number of hydrogen-bond acceptors (Lipinski definition) is 3. The lowest BCUT2D eigenvalue weighted by atomic mass is 9.95. The third-order valence-corrected chi connectivity index (χ3v) is 6.59. The minimum atomic E-state index is -0.310. The molecule has 1 aliphatic heterocycles. The summed E-state index contributed by atoms with van der Waals surface area (Å²) in [4.78, 5) is 0. The van der Waals surface area contributed by atoms with E-state index in [9.17, 15) is 0 Å². The van der Waals surface area contributed by atoms with E-state index in [4.69, 9.17) is 15.2 Å². The quantitative estimate of drug-likeness (QED) is 0.453. The molecule has 0 spiro atoms. The Labute approximate surface area is 177 Å². The molecule has 0 saturated carbocycles. The van der Waals surface area contributed by atoms with Crippen LogP contribution in [-0.2, 0) is 0 Å². The number of rotatable bonds is 6. The Morgan fingerprint density at radius 2 is 1.77 bits per heavy atom. The van der Waals surface area contributed by atoms with Gasteiger partial charge in [0.05, 0.1) is 17.1 Å². The van der Waals surface area contributed by atoms with Gasteiger partial charge >= 0.3 is 0 Å². The third-order valence-electron chi connectivity index (χ3n) is 6.59. The van der Waals surface area contributed by atoms with Crippen LogP contribution in [0, 0.1) is 0 Å². The lowest BCUT2D eigenvalue weighted by Crippen LogP contribution is -2.44. The molecular formula is C26H28N2O2. The summed E-state index contributed by atoms with van der Waals surface area (Å²) in [7, 11) is 0. The summed E-state index contributed by atoms with van der Waals surface area (Å²) in [5, 5.41) is 2.30. The largest absolute Gasteiger partial charge is 0.491 e. The minimum Gasteiger partial charge on any atom is -0.491 e. The van der Waals surface area contributed by atoms with E-state index >= 15 is 0 Å². The van der Waals surface area contributed by atoms with E-state index < -0.39 is 0 Å². The first-order chi connectivity index (χ1) is 14.6. The second-order valence-electron chi connectivity index (χ2n) is 8.27. The average Bonchev–Trinajstić information content (AvgIpc) is 3.15. The average molecular weight is 401 g/mol. The van der Waals surface area contributed by atoms with Crippen LogP contribution in [0.15, 0.2) is 66.7 Å². The molecule has 0 saturated heterocycles. The van der Waals surface area contributed by atoms with Crippen LogP contribution in [0.25, 0.3) is 21.8 Å². The standard InChI is InChI=1S/C26H28N2O2/c1-3-26(27,4-2)17-30-22-14-9-13-20-24(22)19-12-8-15-23-25(19)28(20)21(16-29-23)18-10-6-5-7-11-18/h5-15,21H,3-4,16-17,27H2,1-2H3. The Hall–Kier alpha value is -2.98. The zero-order chi connectivity index (χ0) is 20.7. The van der Waals surface area contributed by atoms with E-state index in [0.29, 0.717) is 13.2 Å². The van der Waals surface area contributed by atoms with E-state index in [1.807, 2.05) is 0 Å². The Morgan fingerprint density at radius 3 is 2.53 bits per heavy atom. The fraction of sp³-hybridized carbons (Fsp3) is 0.308. The van der Waals surface area contributed by atoms with Crippen LogP contribution in [-0.4, -0.2) is 23.3 Å². The molecule has 3 aromatic carbocycles. The van der Waals surface area contributed by atoms with Gasteiger partial charge in [0.2, 0.25) is 0 Å². The van der Waals surface area contributed by atoms with Gasteiger partial charge in [-0.05, 0) is 36.6 Å². The molecule has 5 rings (SSSR count). The predicted octanol–water partition coefficient (Wildman–Crippen LogP) is 5.67. The monoisotopic (exact) mass is 400 g/mol. The van der Waals surface area contributed by atoms with Gasteiger partial charge in [-0.25, -0.2) is 0 Å². The van der Waals surface area contributed by atoms with Gasteiger partial charge in [-0.2, -0.15) is 0 Å². The molecule has 0 amide bonds. The summed E-state index contributed by atoms with van der Waals surface area (Å²) < 4.78 is 15.0. The molecule has 1 unspecified atom stereocenters. The SMILES string of the molecule is CCC(N)(CC)COc1cccc2c1c1cccc3c1n2C(c1ccccc1)CO3. The smallest absolute Gasteiger partial charge is 0.143 e. The fourth-order valence-corrected chi connectivity index (χ4v) is 4.48. The summed E-state index contributed by atoms with van der Waals surface area (Å²) in [5.74, 6) is 1.82. The maximum atomic E-state index is 6.51. The van der Waals surface area contributed by atoms with Crippen molar-refractivity contribution in [3.8, 4) is 11.5 Å². The summed E-state index contributed by atoms with van der Waals surface area (Å²) >= 11 is 0. The molecular weight excluding hydrogens is 372 g/mol. The van der Waals surface area contributed by atoms with Crippen LogP contribution in [0.3, 0.4) is 0 Å². The zero-order valence-corrected chi connectivity index (χ0v) is 17.6. The van der Waals surface area contributed by atoms with E-state index in [-0.39, 0.29) is 11.6 Å². The van der Waals surface area contributed by atoms with Gasteiger partial charge < -0.3 is 19.8 Å². The predicted molar refractivity (Wildman–Crippen MR) is 123 cm³/mol. The van der Waals surface area contributed by atoms with Crippen LogP contribution in [0.4, 0.5) is 0 Å². The first-order valence-corrected chi connectivity index (χ1v) is 10.8. The molecule has 0 bridgehead atoms. The Kier molecular flexibility index (Phi) is 4.67. The molecule has 154 valence electrons. The van der Waals surface area contributed by atoms with Crippen LogP contribution >= 0.6 is 0 Å². The maximum Gasteiger partial charge on any atom is 0.143 e. The molecule has 4 aromatic rings. The molecule has 0 radical (unpaired) electrons. The number of ether oxygens (including phenoxy) is 2. The summed E-state index contributed by atoms with van der Waals surface area (Å²) in [5.41, 5.74) is 9.75. The van der Waals surface area contributed by atoms with Crippen molar-refractivity contribution < 1.29 is 9.47 Å². The van der Waals surface area contributed by atoms with Gasteiger partial charge in [0, 0.05) is 16.3 Å². The normalized spacial score (nSPS) is 16.0. The Morgan fingerprint density at radius 1 is 1.00 bits per heavy atom. The number of fused-ring (bicyclic) bond motifs is 3. The first-order valence-electron chi connectivity index (χ1n) is 10.8. The van der Waals surface area contributed by atoms with E-state index in [2.05, 4.69) is 85.1 Å². The molecule has 4 nitrogen and oxygen atoms in total. The number of aromatic nitrogens is 1. The van der Waals surface area contributed by atoms with Gasteiger partial charge in [0.1, 0.15) is 24.7 Å². The number of hydrogen-bond donors (Lipinski definition) is 1. The van der Waals surface area contributed by atoms with E-state index in [1.165, 1.54) is 11.1 Å². The third kappa shape index (κ3) is 2.94. The van der Waals surface area contributed by atoms with Gasteiger partial charge in [0.15, 0.2) is 0 Å². The summed E-state index contributed by atoms with van der Waals surface area (Å²) in [6.07, 6.45) is 1.77. The Balaban J connectivity index is 1.71. The van der Waals surface area contributed by atoms with Crippen molar-refractivity contribution in [3.05, 3.63) is 72.3 Å². The molecule has 1 aromatic heterocycles. The lowest BCUT2D eigenvalue weighted by Gasteiger charge is -2.27. The van der Waals surface area contributed by atoms with Crippen LogP contribution < -0.4 is 15.2 Å². The highest BCUT2D eigenvalue weighted by Gasteiger charge is 2.29. The molecule has 1 atom stereocenters. The van der Waals surface area contributed by atoms with Crippen molar-refractivity contribution in [3.63, 3.8) is 0 Å². The number of nitrogens with zero attached hydrogens (tertiary/aromatic N) is 1. The summed E-state index contributed by atoms with van der Waals surface area (Å²) in [6.45, 7) is 5.36. The van der Waals surface area contributed by atoms with Crippen molar-refractivity contribution in [1.82, 2.24) is 4.57 Å². The van der Waals surface area contributed by atoms with Gasteiger partial charge in [-0.15, -0.1) is 0 Å². The lowest BCUT2D eigenvalue weighted by molar-refractivity contribution is 0.209. The molecule has 0 fully saturated rings.